The minimum absolute atomic E-state index is 0.0668. The van der Waals surface area contributed by atoms with Gasteiger partial charge >= 0.3 is 17.9 Å². The lowest BCUT2D eigenvalue weighted by Gasteiger charge is -2.18. The molecule has 0 aliphatic rings. The van der Waals surface area contributed by atoms with E-state index in [1.165, 1.54) is 180 Å². The Morgan fingerprint density at radius 1 is 0.333 bits per heavy atom. The molecule has 0 heterocycles. The van der Waals surface area contributed by atoms with E-state index in [2.05, 4.69) is 32.9 Å². The van der Waals surface area contributed by atoms with Crippen LogP contribution in [0.5, 0.6) is 0 Å². The number of allylic oxidation sites excluding steroid dienone is 2. The minimum Gasteiger partial charge on any atom is -0.462 e. The molecular weight excluding hydrogens is 709 g/mol. The Balaban J connectivity index is 4.23. The second-order valence-electron chi connectivity index (χ2n) is 17.1. The van der Waals surface area contributed by atoms with Crippen LogP contribution < -0.4 is 0 Å². The standard InChI is InChI=1S/C51H96O6/c1-4-7-10-13-16-19-22-23-24-25-26-27-28-29-30-33-35-38-41-44-50(53)56-47-48(57-51(54)45-42-39-36-32-21-18-15-12-9-6-3)46-55-49(52)43-40-37-34-31-20-17-14-11-8-5-2/h25-26,48H,4-24,27-47H2,1-3H3/b26-25-. The van der Waals surface area contributed by atoms with E-state index in [1.807, 2.05) is 0 Å². The highest BCUT2D eigenvalue weighted by Gasteiger charge is 2.19. The van der Waals surface area contributed by atoms with Crippen molar-refractivity contribution in [1.82, 2.24) is 0 Å². The Kier molecular flexibility index (Phi) is 45.3. The normalized spacial score (nSPS) is 12.0. The van der Waals surface area contributed by atoms with E-state index in [9.17, 15) is 14.4 Å². The van der Waals surface area contributed by atoms with Crippen LogP contribution in [0, 0.1) is 0 Å². The van der Waals surface area contributed by atoms with Gasteiger partial charge < -0.3 is 14.2 Å². The van der Waals surface area contributed by atoms with Gasteiger partial charge in [-0.15, -0.1) is 0 Å². The molecule has 0 fully saturated rings. The predicted octanol–water partition coefficient (Wildman–Crippen LogP) is 16.2. The number of esters is 3. The summed E-state index contributed by atoms with van der Waals surface area (Å²) in [5.41, 5.74) is 0. The Labute approximate surface area is 354 Å². The first-order valence-electron chi connectivity index (χ1n) is 25.2. The molecule has 0 aromatic carbocycles. The van der Waals surface area contributed by atoms with E-state index in [1.54, 1.807) is 0 Å². The number of hydrogen-bond donors (Lipinski definition) is 0. The summed E-state index contributed by atoms with van der Waals surface area (Å²) in [4.78, 5) is 37.8. The summed E-state index contributed by atoms with van der Waals surface area (Å²) in [5.74, 6) is -0.862. The van der Waals surface area contributed by atoms with Crippen molar-refractivity contribution in [2.45, 2.75) is 284 Å². The lowest BCUT2D eigenvalue weighted by molar-refractivity contribution is -0.167. The molecule has 1 atom stereocenters. The number of rotatable bonds is 46. The number of carbonyl (C=O) groups excluding carboxylic acids is 3. The van der Waals surface area contributed by atoms with Gasteiger partial charge in [-0.2, -0.15) is 0 Å². The van der Waals surface area contributed by atoms with Gasteiger partial charge in [0.2, 0.25) is 0 Å². The molecule has 6 nitrogen and oxygen atoms in total. The Bertz CT molecular complexity index is 885. The molecule has 0 bridgehead atoms. The van der Waals surface area contributed by atoms with Crippen molar-refractivity contribution in [1.29, 1.82) is 0 Å². The number of ether oxygens (including phenoxy) is 3. The molecule has 0 amide bonds. The van der Waals surface area contributed by atoms with Crippen molar-refractivity contribution in [3.8, 4) is 0 Å². The SMILES string of the molecule is CCCCCCCCCC/C=C\CCCCCCCCCC(=O)OCC(COC(=O)CCCCCCCCCCCC)OC(=O)CCCCCCCCCCCC. The molecule has 57 heavy (non-hydrogen) atoms. The average molecular weight is 805 g/mol. The minimum atomic E-state index is -0.763. The fourth-order valence-corrected chi connectivity index (χ4v) is 7.44. The van der Waals surface area contributed by atoms with Crippen molar-refractivity contribution in [3.63, 3.8) is 0 Å². The van der Waals surface area contributed by atoms with Crippen LogP contribution in [0.2, 0.25) is 0 Å². The van der Waals surface area contributed by atoms with Gasteiger partial charge in [-0.25, -0.2) is 0 Å². The third kappa shape index (κ3) is 45.1. The molecular formula is C51H96O6. The highest BCUT2D eigenvalue weighted by Crippen LogP contribution is 2.15. The summed E-state index contributed by atoms with van der Waals surface area (Å²) in [5, 5.41) is 0. The number of carbonyl (C=O) groups is 3. The molecule has 336 valence electrons. The maximum Gasteiger partial charge on any atom is 0.306 e. The zero-order chi connectivity index (χ0) is 41.5. The molecule has 0 aliphatic carbocycles. The molecule has 0 radical (unpaired) electrons. The van der Waals surface area contributed by atoms with Crippen molar-refractivity contribution in [2.24, 2.45) is 0 Å². The van der Waals surface area contributed by atoms with Gasteiger partial charge in [0.05, 0.1) is 0 Å². The molecule has 0 saturated heterocycles. The van der Waals surface area contributed by atoms with E-state index >= 15 is 0 Å². The van der Waals surface area contributed by atoms with Crippen LogP contribution in [0.3, 0.4) is 0 Å². The summed E-state index contributed by atoms with van der Waals surface area (Å²) >= 11 is 0. The fraction of sp³-hybridized carbons (Fsp3) is 0.902. The molecule has 0 N–H and O–H groups in total. The lowest BCUT2D eigenvalue weighted by Crippen LogP contribution is -2.30. The van der Waals surface area contributed by atoms with Crippen LogP contribution in [0.4, 0.5) is 0 Å². The van der Waals surface area contributed by atoms with Crippen LogP contribution in [0.15, 0.2) is 12.2 Å². The van der Waals surface area contributed by atoms with Gasteiger partial charge in [0, 0.05) is 19.3 Å². The zero-order valence-corrected chi connectivity index (χ0v) is 38.4. The highest BCUT2D eigenvalue weighted by molar-refractivity contribution is 5.71. The van der Waals surface area contributed by atoms with Crippen molar-refractivity contribution >= 4 is 17.9 Å². The number of hydrogen-bond acceptors (Lipinski definition) is 6. The summed E-state index contributed by atoms with van der Waals surface area (Å²) < 4.78 is 16.7. The average Bonchev–Trinajstić information content (AvgIpc) is 3.21. The van der Waals surface area contributed by atoms with Gasteiger partial charge in [-0.05, 0) is 44.9 Å². The van der Waals surface area contributed by atoms with Crippen molar-refractivity contribution < 1.29 is 28.6 Å². The Morgan fingerprint density at radius 2 is 0.579 bits per heavy atom. The molecule has 0 saturated carbocycles. The van der Waals surface area contributed by atoms with E-state index in [0.717, 1.165) is 57.8 Å². The first kappa shape index (κ1) is 55.2. The van der Waals surface area contributed by atoms with Crippen LogP contribution in [0.25, 0.3) is 0 Å². The monoisotopic (exact) mass is 805 g/mol. The molecule has 0 aromatic heterocycles. The van der Waals surface area contributed by atoms with E-state index in [0.29, 0.717) is 19.3 Å². The quantitative estimate of drug-likeness (QED) is 0.0264. The molecule has 1 unspecified atom stereocenters. The maximum atomic E-state index is 12.7. The van der Waals surface area contributed by atoms with Gasteiger partial charge in [-0.1, -0.05) is 226 Å². The summed E-state index contributed by atoms with van der Waals surface area (Å²) in [6.45, 7) is 6.63. The largest absolute Gasteiger partial charge is 0.462 e. The van der Waals surface area contributed by atoms with Crippen LogP contribution in [0.1, 0.15) is 278 Å². The van der Waals surface area contributed by atoms with Crippen LogP contribution in [-0.2, 0) is 28.6 Å². The summed E-state index contributed by atoms with van der Waals surface area (Å²) in [6, 6.07) is 0. The summed E-state index contributed by atoms with van der Waals surface area (Å²) in [7, 11) is 0. The first-order valence-corrected chi connectivity index (χ1v) is 25.2. The smallest absolute Gasteiger partial charge is 0.306 e. The number of unbranched alkanes of at least 4 members (excludes halogenated alkanes) is 33. The van der Waals surface area contributed by atoms with E-state index < -0.39 is 6.10 Å². The predicted molar refractivity (Wildman–Crippen MR) is 243 cm³/mol. The van der Waals surface area contributed by atoms with E-state index in [4.69, 9.17) is 14.2 Å². The molecule has 0 rings (SSSR count). The lowest BCUT2D eigenvalue weighted by atomic mass is 10.1. The van der Waals surface area contributed by atoms with Gasteiger partial charge in [0.1, 0.15) is 13.2 Å². The second kappa shape index (κ2) is 46.8. The van der Waals surface area contributed by atoms with Crippen molar-refractivity contribution in [3.05, 3.63) is 12.2 Å². The fourth-order valence-electron chi connectivity index (χ4n) is 7.44. The first-order chi connectivity index (χ1) is 28.0. The topological polar surface area (TPSA) is 78.9 Å². The highest BCUT2D eigenvalue weighted by atomic mass is 16.6. The Hall–Kier alpha value is -1.85. The molecule has 0 aromatic rings. The van der Waals surface area contributed by atoms with Gasteiger partial charge in [-0.3, -0.25) is 14.4 Å². The zero-order valence-electron chi connectivity index (χ0n) is 38.4. The Morgan fingerprint density at radius 3 is 0.877 bits per heavy atom. The maximum absolute atomic E-state index is 12.7. The second-order valence-corrected chi connectivity index (χ2v) is 17.1. The molecule has 0 aliphatic heterocycles. The van der Waals surface area contributed by atoms with E-state index in [-0.39, 0.29) is 31.1 Å². The van der Waals surface area contributed by atoms with Crippen LogP contribution >= 0.6 is 0 Å². The third-order valence-corrected chi connectivity index (χ3v) is 11.3. The van der Waals surface area contributed by atoms with Crippen molar-refractivity contribution in [2.75, 3.05) is 13.2 Å². The molecule has 0 spiro atoms. The van der Waals surface area contributed by atoms with Crippen LogP contribution in [-0.4, -0.2) is 37.2 Å². The summed E-state index contributed by atoms with van der Waals surface area (Å²) in [6.07, 6.45) is 50.6. The van der Waals surface area contributed by atoms with Gasteiger partial charge in [0.15, 0.2) is 6.10 Å². The third-order valence-electron chi connectivity index (χ3n) is 11.3. The van der Waals surface area contributed by atoms with Gasteiger partial charge in [0.25, 0.3) is 0 Å². The molecule has 6 heteroatoms.